The van der Waals surface area contributed by atoms with E-state index in [0.717, 1.165) is 5.52 Å². The standard InChI is InChI=1S/C21H30FN7O2/c1-6-21(4,31)16(22)11-28(5)20-23-8-7-17(27-20)26-18-9-15-14(10-24-18)25-19(12-30)29(15)13(2)3/h7-10,13,16,30-31H,6,11-12H2,1-5H3,(H,23,24,26,27)/t16-,21+/m1/s1. The predicted molar refractivity (Wildman–Crippen MR) is 118 cm³/mol. The molecule has 3 aromatic heterocycles. The second kappa shape index (κ2) is 9.11. The molecule has 3 N–H and O–H groups in total. The van der Waals surface area contributed by atoms with E-state index in [0.29, 0.717) is 35.3 Å². The van der Waals surface area contributed by atoms with Crippen LogP contribution in [0.15, 0.2) is 24.5 Å². The molecule has 0 spiro atoms. The van der Waals surface area contributed by atoms with Gasteiger partial charge in [0.05, 0.1) is 23.9 Å². The van der Waals surface area contributed by atoms with Crippen LogP contribution >= 0.6 is 0 Å². The first-order chi connectivity index (χ1) is 14.7. The number of alkyl halides is 1. The highest BCUT2D eigenvalue weighted by Crippen LogP contribution is 2.25. The summed E-state index contributed by atoms with van der Waals surface area (Å²) in [5, 5.41) is 22.9. The van der Waals surface area contributed by atoms with Crippen molar-refractivity contribution < 1.29 is 14.6 Å². The minimum atomic E-state index is -1.44. The van der Waals surface area contributed by atoms with Gasteiger partial charge in [-0.2, -0.15) is 4.98 Å². The minimum absolute atomic E-state index is 0.0357. The number of imidazole rings is 1. The number of nitrogens with zero attached hydrogens (tertiary/aromatic N) is 6. The molecule has 168 valence electrons. The molecule has 0 aromatic carbocycles. The van der Waals surface area contributed by atoms with E-state index in [2.05, 4.69) is 25.3 Å². The van der Waals surface area contributed by atoms with Crippen LogP contribution in [-0.4, -0.2) is 60.1 Å². The maximum Gasteiger partial charge on any atom is 0.227 e. The number of aliphatic hydroxyl groups excluding tert-OH is 1. The summed E-state index contributed by atoms with van der Waals surface area (Å²) in [6.07, 6.45) is 2.09. The zero-order valence-electron chi connectivity index (χ0n) is 18.5. The van der Waals surface area contributed by atoms with Crippen molar-refractivity contribution in [2.24, 2.45) is 0 Å². The number of nitrogens with one attached hydrogen (secondary N) is 1. The third-order valence-corrected chi connectivity index (χ3v) is 5.37. The van der Waals surface area contributed by atoms with Gasteiger partial charge in [-0.05, 0) is 33.3 Å². The molecule has 31 heavy (non-hydrogen) atoms. The molecule has 0 bridgehead atoms. The molecule has 3 aromatic rings. The van der Waals surface area contributed by atoms with Gasteiger partial charge in [0, 0.05) is 25.4 Å². The number of aliphatic hydroxyl groups is 2. The summed E-state index contributed by atoms with van der Waals surface area (Å²) in [5.41, 5.74) is 0.143. The maximum absolute atomic E-state index is 14.4. The van der Waals surface area contributed by atoms with Crippen molar-refractivity contribution in [1.82, 2.24) is 24.5 Å². The van der Waals surface area contributed by atoms with E-state index in [9.17, 15) is 14.6 Å². The minimum Gasteiger partial charge on any atom is -0.388 e. The summed E-state index contributed by atoms with van der Waals surface area (Å²) in [7, 11) is 1.68. The summed E-state index contributed by atoms with van der Waals surface area (Å²) in [5.74, 6) is 1.97. The molecule has 0 saturated carbocycles. The molecule has 3 heterocycles. The number of hydrogen-bond donors (Lipinski definition) is 3. The quantitative estimate of drug-likeness (QED) is 0.474. The monoisotopic (exact) mass is 431 g/mol. The molecule has 3 rings (SSSR count). The first-order valence-corrected chi connectivity index (χ1v) is 10.3. The Hall–Kier alpha value is -2.85. The fraction of sp³-hybridized carbons (Fsp3) is 0.524. The molecular weight excluding hydrogens is 401 g/mol. The van der Waals surface area contributed by atoms with Gasteiger partial charge in [0.25, 0.3) is 0 Å². The van der Waals surface area contributed by atoms with Crippen LogP contribution in [0.5, 0.6) is 0 Å². The SMILES string of the molecule is CC[C@](C)(O)[C@H](F)CN(C)c1nccc(Nc2cc3c(cn2)nc(CO)n3C(C)C)n1. The molecule has 0 amide bonds. The van der Waals surface area contributed by atoms with Gasteiger partial charge in [0.2, 0.25) is 5.95 Å². The maximum atomic E-state index is 14.4. The molecule has 0 aliphatic heterocycles. The normalized spacial score (nSPS) is 14.6. The lowest BCUT2D eigenvalue weighted by molar-refractivity contribution is -0.0187. The van der Waals surface area contributed by atoms with Gasteiger partial charge >= 0.3 is 0 Å². The summed E-state index contributed by atoms with van der Waals surface area (Å²) in [6.45, 7) is 7.08. The molecule has 0 aliphatic carbocycles. The number of fused-ring (bicyclic) bond motifs is 1. The van der Waals surface area contributed by atoms with Crippen LogP contribution < -0.4 is 10.2 Å². The Kier molecular flexibility index (Phi) is 6.71. The predicted octanol–water partition coefficient (Wildman–Crippen LogP) is 2.97. The largest absolute Gasteiger partial charge is 0.388 e. The van der Waals surface area contributed by atoms with Crippen LogP contribution in [0.25, 0.3) is 11.0 Å². The number of hydrogen-bond acceptors (Lipinski definition) is 8. The molecular formula is C21H30FN7O2. The number of pyridine rings is 1. The molecule has 2 atom stereocenters. The molecule has 10 heteroatoms. The lowest BCUT2D eigenvalue weighted by Crippen LogP contribution is -2.43. The van der Waals surface area contributed by atoms with Crippen molar-refractivity contribution in [3.05, 3.63) is 30.4 Å². The lowest BCUT2D eigenvalue weighted by atomic mass is 9.97. The van der Waals surface area contributed by atoms with Crippen LogP contribution in [0, 0.1) is 0 Å². The highest BCUT2D eigenvalue weighted by Gasteiger charge is 2.31. The second-order valence-corrected chi connectivity index (χ2v) is 8.13. The van der Waals surface area contributed by atoms with Gasteiger partial charge in [-0.25, -0.2) is 19.3 Å². The van der Waals surface area contributed by atoms with Crippen molar-refractivity contribution in [2.45, 2.75) is 58.5 Å². The van der Waals surface area contributed by atoms with Crippen molar-refractivity contribution in [3.8, 4) is 0 Å². The van der Waals surface area contributed by atoms with Crippen molar-refractivity contribution in [3.63, 3.8) is 0 Å². The van der Waals surface area contributed by atoms with Crippen molar-refractivity contribution in [1.29, 1.82) is 0 Å². The van der Waals surface area contributed by atoms with E-state index in [1.54, 1.807) is 37.3 Å². The van der Waals surface area contributed by atoms with Gasteiger partial charge in [-0.3, -0.25) is 0 Å². The van der Waals surface area contributed by atoms with Crippen LogP contribution in [0.4, 0.5) is 22.0 Å². The van der Waals surface area contributed by atoms with E-state index in [4.69, 9.17) is 0 Å². The number of rotatable bonds is 9. The van der Waals surface area contributed by atoms with E-state index in [1.807, 2.05) is 24.5 Å². The third-order valence-electron chi connectivity index (χ3n) is 5.37. The number of anilines is 3. The zero-order chi connectivity index (χ0) is 22.8. The van der Waals surface area contributed by atoms with Gasteiger partial charge in [0.15, 0.2) is 0 Å². The van der Waals surface area contributed by atoms with Crippen LogP contribution in [0.1, 0.15) is 46.0 Å². The van der Waals surface area contributed by atoms with Gasteiger partial charge in [0.1, 0.15) is 35.8 Å². The summed E-state index contributed by atoms with van der Waals surface area (Å²) in [6, 6.07) is 3.66. The smallest absolute Gasteiger partial charge is 0.227 e. The summed E-state index contributed by atoms with van der Waals surface area (Å²) < 4.78 is 16.4. The Balaban J connectivity index is 1.82. The van der Waals surface area contributed by atoms with Gasteiger partial charge in [-0.15, -0.1) is 0 Å². The number of aromatic nitrogens is 5. The molecule has 0 radical (unpaired) electrons. The molecule has 0 fully saturated rings. The molecule has 9 nitrogen and oxygen atoms in total. The lowest BCUT2D eigenvalue weighted by Gasteiger charge is -2.29. The average Bonchev–Trinajstić information content (AvgIpc) is 3.12. The Bertz CT molecular complexity index is 1040. The fourth-order valence-corrected chi connectivity index (χ4v) is 3.28. The van der Waals surface area contributed by atoms with E-state index >= 15 is 0 Å². The van der Waals surface area contributed by atoms with E-state index in [-0.39, 0.29) is 19.2 Å². The highest BCUT2D eigenvalue weighted by molar-refractivity contribution is 5.79. The fourth-order valence-electron chi connectivity index (χ4n) is 3.28. The molecule has 0 aliphatic rings. The van der Waals surface area contributed by atoms with Gasteiger partial charge < -0.3 is 25.0 Å². The first-order valence-electron chi connectivity index (χ1n) is 10.3. The summed E-state index contributed by atoms with van der Waals surface area (Å²) >= 11 is 0. The number of halogens is 1. The Labute approximate surface area is 181 Å². The highest BCUT2D eigenvalue weighted by atomic mass is 19.1. The molecule has 0 saturated heterocycles. The Morgan fingerprint density at radius 1 is 1.26 bits per heavy atom. The topological polar surface area (TPSA) is 112 Å². The van der Waals surface area contributed by atoms with Crippen LogP contribution in [-0.2, 0) is 6.61 Å². The van der Waals surface area contributed by atoms with E-state index in [1.165, 1.54) is 6.92 Å². The van der Waals surface area contributed by atoms with Crippen molar-refractivity contribution in [2.75, 3.05) is 23.8 Å². The molecule has 0 unspecified atom stereocenters. The average molecular weight is 432 g/mol. The van der Waals surface area contributed by atoms with E-state index < -0.39 is 11.8 Å². The van der Waals surface area contributed by atoms with Crippen LogP contribution in [0.3, 0.4) is 0 Å². The van der Waals surface area contributed by atoms with Gasteiger partial charge in [-0.1, -0.05) is 6.92 Å². The third kappa shape index (κ3) is 4.91. The second-order valence-electron chi connectivity index (χ2n) is 8.13. The first kappa shape index (κ1) is 22.8. The van der Waals surface area contributed by atoms with Crippen molar-refractivity contribution >= 4 is 28.6 Å². The zero-order valence-corrected chi connectivity index (χ0v) is 18.5. The Morgan fingerprint density at radius 3 is 2.65 bits per heavy atom. The summed E-state index contributed by atoms with van der Waals surface area (Å²) in [4.78, 5) is 19.0. The van der Waals surface area contributed by atoms with Crippen LogP contribution in [0.2, 0.25) is 0 Å². The Morgan fingerprint density at radius 2 is 2.00 bits per heavy atom.